The lowest BCUT2D eigenvalue weighted by Gasteiger charge is -2.41. The van der Waals surface area contributed by atoms with Gasteiger partial charge in [-0.15, -0.1) is 0 Å². The fraction of sp³-hybridized carbons (Fsp3) is 0.443. The molecule has 0 radical (unpaired) electrons. The van der Waals surface area contributed by atoms with Gasteiger partial charge in [0.05, 0.1) is 83.8 Å². The summed E-state index contributed by atoms with van der Waals surface area (Å²) >= 11 is 11.2. The molecule has 8 aromatic carbocycles. The number of hydrazone groups is 3. The molecule has 0 aliphatic carbocycles. The maximum Gasteiger partial charge on any atom is 0.275 e. The van der Waals surface area contributed by atoms with E-state index in [0.29, 0.717) is 42.4 Å². The van der Waals surface area contributed by atoms with Crippen LogP contribution in [0.1, 0.15) is 160 Å². The molecule has 0 saturated carbocycles. The van der Waals surface area contributed by atoms with Crippen LogP contribution in [-0.2, 0) is 64.2 Å². The summed E-state index contributed by atoms with van der Waals surface area (Å²) in [6.45, 7) is 18.4. The van der Waals surface area contributed by atoms with E-state index < -0.39 is 92.5 Å². The minimum absolute atomic E-state index is 0.00121. The van der Waals surface area contributed by atoms with Gasteiger partial charge in [0.25, 0.3) is 30.3 Å². The quantitative estimate of drug-likeness (QED) is 0.00786. The molecule has 143 heavy (non-hydrogen) atoms. The molecule has 5 fully saturated rings. The number of amides is 3. The number of piperazine rings is 2. The van der Waals surface area contributed by atoms with Gasteiger partial charge in [0, 0.05) is 115 Å². The molecule has 9 aliphatic heterocycles. The van der Waals surface area contributed by atoms with Crippen LogP contribution in [0, 0.1) is 52.6 Å². The summed E-state index contributed by atoms with van der Waals surface area (Å²) in [6.07, 6.45) is 10.00. The molecule has 37 heteroatoms. The molecule has 5 saturated heterocycles. The maximum absolute atomic E-state index is 15.0. The molecule has 0 aromatic heterocycles. The molecule has 17 rings (SSSR count). The number of ether oxygens (including phenoxy) is 6. The Labute approximate surface area is 852 Å². The topological polar surface area (TPSA) is 289 Å². The molecule has 9 aliphatic rings. The highest BCUT2D eigenvalue weighted by Crippen LogP contribution is 2.46. The molecule has 0 bridgehead atoms. The number of nitrogens with zero attached hydrogens (tertiary/aromatic N) is 11. The van der Waals surface area contributed by atoms with E-state index in [9.17, 15) is 64.2 Å². The van der Waals surface area contributed by atoms with Gasteiger partial charge in [0.1, 0.15) is 63.2 Å². The highest BCUT2D eigenvalue weighted by molar-refractivity contribution is 9.10. The first-order chi connectivity index (χ1) is 68.9. The number of likely N-dealkylation sites (N-methyl/N-ethyl adjacent to an activating group) is 2. The van der Waals surface area contributed by atoms with Crippen LogP contribution in [0.4, 0.5) is 35.1 Å². The monoisotopic (exact) mass is 2130 g/mol. The van der Waals surface area contributed by atoms with Gasteiger partial charge in [-0.05, 0) is 218 Å². The predicted octanol–water partition coefficient (Wildman–Crippen LogP) is 17.0. The van der Waals surface area contributed by atoms with Crippen molar-refractivity contribution in [3.05, 3.63) is 296 Å². The number of alkyl halides is 2. The second-order valence-electron chi connectivity index (χ2n) is 35.8. The Morgan fingerprint density at radius 1 is 0.490 bits per heavy atom. The van der Waals surface area contributed by atoms with Crippen molar-refractivity contribution in [2.45, 2.75) is 168 Å². The number of hydrogen-bond donors (Lipinski definition) is 4. The first-order valence-corrected chi connectivity index (χ1v) is 50.2. The zero-order valence-electron chi connectivity index (χ0n) is 81.2. The van der Waals surface area contributed by atoms with Crippen molar-refractivity contribution in [1.82, 2.24) is 39.9 Å². The third kappa shape index (κ3) is 31.0. The van der Waals surface area contributed by atoms with Gasteiger partial charge in [-0.1, -0.05) is 158 Å². The third-order valence-electron chi connectivity index (χ3n) is 25.8. The van der Waals surface area contributed by atoms with Gasteiger partial charge in [-0.2, -0.15) is 15.3 Å². The number of aliphatic hydroxyl groups excluding tert-OH is 1. The average Bonchev–Trinajstić information content (AvgIpc) is 1.60. The summed E-state index contributed by atoms with van der Waals surface area (Å²) in [4.78, 5) is 75.4. The lowest BCUT2D eigenvalue weighted by molar-refractivity contribution is -0.185. The highest BCUT2D eigenvalue weighted by Gasteiger charge is 2.54. The van der Waals surface area contributed by atoms with Crippen LogP contribution in [-0.4, -0.2) is 259 Å². The van der Waals surface area contributed by atoms with Gasteiger partial charge in [0.2, 0.25) is 5.24 Å². The summed E-state index contributed by atoms with van der Waals surface area (Å²) in [5.41, 5.74) is 1.10. The number of carbonyl (C=O) groups is 5. The van der Waals surface area contributed by atoms with Crippen LogP contribution in [0.5, 0.6) is 0 Å². The summed E-state index contributed by atoms with van der Waals surface area (Å²) in [5, 5.41) is 31.3. The summed E-state index contributed by atoms with van der Waals surface area (Å²) in [5.74, 6) is 1.71. The van der Waals surface area contributed by atoms with E-state index >= 15 is 0 Å². The molecule has 6 N–H and O–H groups in total. The van der Waals surface area contributed by atoms with Crippen LogP contribution in [0.15, 0.2) is 216 Å². The summed E-state index contributed by atoms with van der Waals surface area (Å²) < 4.78 is 149. The lowest BCUT2D eigenvalue weighted by Crippen LogP contribution is -2.57. The van der Waals surface area contributed by atoms with Gasteiger partial charge in [-0.3, -0.25) is 45.5 Å². The van der Waals surface area contributed by atoms with E-state index in [-0.39, 0.29) is 114 Å². The van der Waals surface area contributed by atoms with E-state index in [1.54, 1.807) is 13.8 Å². The number of hydrogen-bond acceptors (Lipinski definition) is 22. The van der Waals surface area contributed by atoms with Crippen LogP contribution in [0.25, 0.3) is 10.4 Å². The van der Waals surface area contributed by atoms with E-state index in [1.807, 2.05) is 142 Å². The maximum atomic E-state index is 15.0. The number of ketones is 1. The van der Waals surface area contributed by atoms with Crippen molar-refractivity contribution in [3.63, 3.8) is 0 Å². The second-order valence-corrected chi connectivity index (χ2v) is 38.9. The predicted molar refractivity (Wildman–Crippen MR) is 541 cm³/mol. The Morgan fingerprint density at radius 3 is 1.22 bits per heavy atom. The number of hydrazine groups is 1. The Hall–Kier alpha value is -10.1. The number of allylic oxidation sites excluding steroid dienone is 1. The van der Waals surface area contributed by atoms with Crippen LogP contribution in [0.2, 0.25) is 0 Å². The van der Waals surface area contributed by atoms with E-state index in [1.165, 1.54) is 21.1 Å². The first-order valence-electron chi connectivity index (χ1n) is 48.0. The molecule has 26 nitrogen and oxygen atoms in total. The Bertz CT molecular complexity index is 5670. The van der Waals surface area contributed by atoms with Crippen molar-refractivity contribution in [3.8, 4) is 6.07 Å². The highest BCUT2D eigenvalue weighted by atomic mass is 79.9. The average molecular weight is 2140 g/mol. The first kappa shape index (κ1) is 113. The Kier molecular flexibility index (Phi) is 44.3. The van der Waals surface area contributed by atoms with E-state index in [0.717, 1.165) is 226 Å². The van der Waals surface area contributed by atoms with Crippen molar-refractivity contribution in [2.75, 3.05) is 132 Å². The molecular weight excluding hydrogens is 2010 g/mol. The zero-order chi connectivity index (χ0) is 103. The molecule has 768 valence electrons. The third-order valence-corrected chi connectivity index (χ3v) is 27.2. The fourth-order valence-corrected chi connectivity index (χ4v) is 17.7. The number of nitrogens with one attached hydrogen (secondary N) is 1. The van der Waals surface area contributed by atoms with Gasteiger partial charge < -0.3 is 48.6 Å². The van der Waals surface area contributed by atoms with E-state index in [4.69, 9.17) is 45.1 Å². The molecule has 8 aromatic rings. The van der Waals surface area contributed by atoms with Gasteiger partial charge >= 0.3 is 0 Å². The molecule has 0 spiro atoms. The summed E-state index contributed by atoms with van der Waals surface area (Å²) in [7, 11) is 4.11. The second kappa shape index (κ2) is 56.0. The van der Waals surface area contributed by atoms with Crippen molar-refractivity contribution in [1.29, 1.82) is 0 Å². The lowest BCUT2D eigenvalue weighted by atomic mass is 9.84. The van der Waals surface area contributed by atoms with E-state index in [2.05, 4.69) is 96.6 Å². The molecule has 9 heterocycles. The normalized spacial score (nSPS) is 22.3. The largest absolute Gasteiger partial charge is 0.393 e. The van der Waals surface area contributed by atoms with Crippen LogP contribution < -0.4 is 17.0 Å². The smallest absolute Gasteiger partial charge is 0.275 e. The fourth-order valence-electron chi connectivity index (χ4n) is 17.5. The van der Waals surface area contributed by atoms with Gasteiger partial charge in [0.15, 0.2) is 24.7 Å². The van der Waals surface area contributed by atoms with Crippen LogP contribution in [0.3, 0.4) is 0 Å². The molecule has 10 atom stereocenters. The zero-order valence-corrected chi connectivity index (χ0v) is 85.1. The number of benzene rings is 8. The standard InChI is InChI=1S/C29H36F2N4O3.C24H25BrF2N2O3.C24H28F2N4O2.C21H20F2O3.C5H9N2.C3H4BrClO.H4N2/c1-21(34-15-13-33(2)14-16-34)28(36)35-29(22-8-4-3-5-9-22,20-38-27-10-6-7-17-37-27)19-26(32-35)24-18-23(30)11-12-25(24)31;1-16(25)23(30)29-24(17-7-3-2-4-8-17,15-32-22-9-5-6-12-31-22)14-21(28-29)19-13-18(26)10-11-20(19)27;1-17(29-12-10-28(2)11-13-29)23(32)30-24(16-31,18-6-4-3-5-7-18)15-22(27-30)20-14-19(25)8-9-21(20)26;22-17-9-10-19(23)18(13-17)20(24)12-16(15-6-2-1-3-7-15)14-26-21-8-4-5-11-25-21;1-2-6-4-5-7-3-1;1-2(4)3(5)6;1-2/h3-5,8-9,11-12,18,21,27H,6-7,10,13-17,19-20H2,1-2H3;2-4,7-8,10-11,13,16,22H,5-6,9,12,14-15H2,1H3;3-9,14,17,31H,10-13,15-16H2,1-2H3;1-3,6-7,9-10,12-13,21H,4-5,8,11,14H2;6H,1-2,4-5H2;2H,1H3;1-2H2/q;;;;+1;;/b;;;16-12+;;;. The molecule has 3 amide bonds. The van der Waals surface area contributed by atoms with Gasteiger partial charge in [-0.25, -0.2) is 50.2 Å². The summed E-state index contributed by atoms with van der Waals surface area (Å²) in [6, 6.07) is 51.9. The molecular formula is C106H126Br2ClF8N14O12+. The van der Waals surface area contributed by atoms with Crippen molar-refractivity contribution in [2.24, 2.45) is 27.0 Å². The van der Waals surface area contributed by atoms with Crippen molar-refractivity contribution < 1.29 is 92.6 Å². The minimum Gasteiger partial charge on any atom is -0.393 e. The number of rotatable bonds is 25. The number of nitrogens with two attached hydrogens (primary N) is 2. The SMILES string of the molecule is C1#[N+]CCNCC1.CC(Br)C(=O)Cl.CC(Br)C(=O)N1N=C(c2cc(F)ccc2F)CC1(COC1CCCCO1)c1ccccc1.CC(C(=O)N1N=C(c2cc(F)ccc2F)CC1(CO)c1ccccc1)N1CCN(C)CC1.CC(C(=O)N1N=C(c2cc(F)ccc2F)CC1(COC1CCCCO1)c1ccccc1)N1CCN(C)CC1.NN.O=C(/C=C(\COC1CCCCO1)c1ccccc1)c1cc(F)ccc1F. The van der Waals surface area contributed by atoms with Crippen LogP contribution >= 0.6 is 43.5 Å². The molecule has 10 unspecified atom stereocenters. The number of aliphatic hydroxyl groups is 1. The minimum atomic E-state index is -1.19. The number of halogens is 11. The Balaban J connectivity index is 0.000000174. The number of carbonyl (C=O) groups excluding carboxylic acids is 5. The van der Waals surface area contributed by atoms with Crippen molar-refractivity contribution >= 4 is 94.9 Å². The Morgan fingerprint density at radius 2 is 0.846 bits per heavy atom.